The Balaban J connectivity index is 4.95. The number of aliphatic hydroxyl groups is 1. The number of nitrogens with one attached hydrogen (secondary N) is 3. The molecule has 4 atom stereocenters. The van der Waals surface area contributed by atoms with Crippen molar-refractivity contribution in [3.05, 3.63) is 0 Å². The predicted molar refractivity (Wildman–Crippen MR) is 101 cm³/mol. The van der Waals surface area contributed by atoms with Crippen molar-refractivity contribution in [3.8, 4) is 0 Å². The maximum absolute atomic E-state index is 12.2. The third kappa shape index (κ3) is 7.81. The van der Waals surface area contributed by atoms with Gasteiger partial charge >= 0.3 is 5.97 Å². The van der Waals surface area contributed by atoms with Gasteiger partial charge in [0, 0.05) is 11.5 Å². The first-order chi connectivity index (χ1) is 12.1. The van der Waals surface area contributed by atoms with Crippen LogP contribution in [0.1, 0.15) is 13.8 Å². The predicted octanol–water partition coefficient (Wildman–Crippen LogP) is -2.64. The molecule has 12 heteroatoms. The molecule has 4 unspecified atom stereocenters. The van der Waals surface area contributed by atoms with Gasteiger partial charge in [-0.15, -0.1) is 0 Å². The molecule has 0 radical (unpaired) electrons. The number of thiol groups is 2. The van der Waals surface area contributed by atoms with E-state index in [1.165, 1.54) is 0 Å². The molecule has 0 bridgehead atoms. The van der Waals surface area contributed by atoms with Gasteiger partial charge in [0.25, 0.3) is 0 Å². The summed E-state index contributed by atoms with van der Waals surface area (Å²) in [5.41, 5.74) is 5.36. The molecule has 0 aliphatic rings. The van der Waals surface area contributed by atoms with Crippen LogP contribution in [0.4, 0.5) is 0 Å². The number of aliphatic carboxylic acids is 1. The largest absolute Gasteiger partial charge is 0.480 e. The summed E-state index contributed by atoms with van der Waals surface area (Å²) in [5.74, 6) is -3.92. The first-order valence-corrected chi connectivity index (χ1v) is 9.07. The lowest BCUT2D eigenvalue weighted by atomic mass is 10.0. The second kappa shape index (κ2) is 12.0. The smallest absolute Gasteiger partial charge is 0.326 e. The number of rotatable bonds is 11. The fraction of sp³-hybridized carbons (Fsp3) is 0.714. The molecule has 0 fully saturated rings. The minimum Gasteiger partial charge on any atom is -0.480 e. The van der Waals surface area contributed by atoms with Crippen LogP contribution in [0, 0.1) is 5.92 Å². The number of nitrogens with two attached hydrogens (primary N) is 1. The van der Waals surface area contributed by atoms with Crippen LogP contribution >= 0.6 is 25.3 Å². The van der Waals surface area contributed by atoms with E-state index in [1.54, 1.807) is 13.8 Å². The van der Waals surface area contributed by atoms with Gasteiger partial charge < -0.3 is 31.9 Å². The number of aliphatic hydroxyl groups excluding tert-OH is 1. The van der Waals surface area contributed by atoms with E-state index in [1.807, 2.05) is 0 Å². The number of carboxylic acids is 1. The molecule has 10 nitrogen and oxygen atoms in total. The molecule has 3 amide bonds. The van der Waals surface area contributed by atoms with Gasteiger partial charge in [-0.05, 0) is 5.92 Å². The van der Waals surface area contributed by atoms with Gasteiger partial charge in [-0.2, -0.15) is 25.3 Å². The molecular formula is C14H26N4O6S2. The van der Waals surface area contributed by atoms with Crippen molar-refractivity contribution in [2.45, 2.75) is 38.0 Å². The molecule has 0 aliphatic carbocycles. The van der Waals surface area contributed by atoms with Crippen LogP contribution in [0.2, 0.25) is 0 Å². The van der Waals surface area contributed by atoms with E-state index >= 15 is 0 Å². The van der Waals surface area contributed by atoms with Crippen molar-refractivity contribution >= 4 is 48.9 Å². The first kappa shape index (κ1) is 24.5. The molecule has 0 saturated carbocycles. The summed E-state index contributed by atoms with van der Waals surface area (Å²) in [6.07, 6.45) is 0. The molecule has 0 rings (SSSR count). The lowest BCUT2D eigenvalue weighted by Gasteiger charge is -2.24. The van der Waals surface area contributed by atoms with Crippen LogP contribution in [0.15, 0.2) is 0 Å². The maximum atomic E-state index is 12.2. The number of carboxylic acid groups (broad SMARTS) is 1. The zero-order valence-electron chi connectivity index (χ0n) is 14.5. The van der Waals surface area contributed by atoms with Crippen LogP contribution in [0.3, 0.4) is 0 Å². The fourth-order valence-electron chi connectivity index (χ4n) is 1.79. The molecule has 0 heterocycles. The highest BCUT2D eigenvalue weighted by atomic mass is 32.1. The molecule has 0 aromatic carbocycles. The van der Waals surface area contributed by atoms with E-state index in [9.17, 15) is 19.2 Å². The van der Waals surface area contributed by atoms with Crippen molar-refractivity contribution in [2.75, 3.05) is 18.1 Å². The molecule has 0 aliphatic heterocycles. The van der Waals surface area contributed by atoms with Gasteiger partial charge in [0.2, 0.25) is 17.7 Å². The Hall–Kier alpha value is -1.50. The van der Waals surface area contributed by atoms with Crippen LogP contribution < -0.4 is 21.7 Å². The van der Waals surface area contributed by atoms with Crippen LogP contribution in [0.25, 0.3) is 0 Å². The Labute approximate surface area is 162 Å². The summed E-state index contributed by atoms with van der Waals surface area (Å²) >= 11 is 7.95. The third-order valence-electron chi connectivity index (χ3n) is 3.40. The van der Waals surface area contributed by atoms with Crippen molar-refractivity contribution in [1.82, 2.24) is 16.0 Å². The summed E-state index contributed by atoms with van der Waals surface area (Å²) < 4.78 is 0. The van der Waals surface area contributed by atoms with E-state index in [0.717, 1.165) is 0 Å². The number of carbonyl (C=O) groups is 4. The van der Waals surface area contributed by atoms with Gasteiger partial charge in [-0.1, -0.05) is 13.8 Å². The minimum absolute atomic E-state index is 0.0830. The standard InChI is InChI=1S/C14H26N4O6S2/c1-6(2)10(14(23)24)18-13(22)9(5-26)17-12(21)8(4-25)16-11(20)7(15)3-19/h6-10,19,25-26H,3-5,15H2,1-2H3,(H,16,20)(H,17,21)(H,18,22)(H,23,24). The van der Waals surface area contributed by atoms with E-state index in [4.69, 9.17) is 15.9 Å². The molecule has 0 aromatic rings. The highest BCUT2D eigenvalue weighted by Gasteiger charge is 2.30. The number of hydrogen-bond acceptors (Lipinski definition) is 8. The Bertz CT molecular complexity index is 520. The average Bonchev–Trinajstić information content (AvgIpc) is 2.59. The van der Waals surface area contributed by atoms with Crippen LogP contribution in [-0.4, -0.2) is 76.2 Å². The first-order valence-electron chi connectivity index (χ1n) is 7.81. The van der Waals surface area contributed by atoms with Gasteiger partial charge in [0.1, 0.15) is 24.2 Å². The lowest BCUT2D eigenvalue weighted by Crippen LogP contribution is -2.58. The van der Waals surface area contributed by atoms with Gasteiger partial charge in [0.15, 0.2) is 0 Å². The Morgan fingerprint density at radius 2 is 1.35 bits per heavy atom. The van der Waals surface area contributed by atoms with Crippen molar-refractivity contribution < 1.29 is 29.4 Å². The summed E-state index contributed by atoms with van der Waals surface area (Å²) in [6.45, 7) is 2.66. The number of hydrogen-bond donors (Lipinski definition) is 8. The Kier molecular flexibility index (Phi) is 11.3. The van der Waals surface area contributed by atoms with Gasteiger partial charge in [-0.3, -0.25) is 14.4 Å². The minimum atomic E-state index is -1.20. The quantitative estimate of drug-likeness (QED) is 0.172. The van der Waals surface area contributed by atoms with E-state index < -0.39 is 54.5 Å². The average molecular weight is 411 g/mol. The topological polar surface area (TPSA) is 171 Å². The zero-order valence-corrected chi connectivity index (χ0v) is 16.3. The highest BCUT2D eigenvalue weighted by Crippen LogP contribution is 2.03. The summed E-state index contributed by atoms with van der Waals surface area (Å²) in [6, 6.07) is -4.53. The maximum Gasteiger partial charge on any atom is 0.326 e. The molecule has 150 valence electrons. The monoisotopic (exact) mass is 410 g/mol. The Morgan fingerprint density at radius 1 is 0.923 bits per heavy atom. The van der Waals surface area contributed by atoms with Crippen LogP contribution in [-0.2, 0) is 19.2 Å². The molecule has 0 spiro atoms. The Morgan fingerprint density at radius 3 is 1.69 bits per heavy atom. The second-order valence-electron chi connectivity index (χ2n) is 5.85. The van der Waals surface area contributed by atoms with Crippen molar-refractivity contribution in [2.24, 2.45) is 11.7 Å². The van der Waals surface area contributed by atoms with Gasteiger partial charge in [0.05, 0.1) is 6.61 Å². The number of carbonyl (C=O) groups excluding carboxylic acids is 3. The molecule has 0 aromatic heterocycles. The summed E-state index contributed by atoms with van der Waals surface area (Å²) in [5, 5.41) is 25.0. The molecular weight excluding hydrogens is 384 g/mol. The lowest BCUT2D eigenvalue weighted by molar-refractivity contribution is -0.143. The molecule has 7 N–H and O–H groups in total. The van der Waals surface area contributed by atoms with Crippen molar-refractivity contribution in [1.29, 1.82) is 0 Å². The fourth-order valence-corrected chi connectivity index (χ4v) is 2.30. The van der Waals surface area contributed by atoms with Crippen LogP contribution in [0.5, 0.6) is 0 Å². The number of amides is 3. The zero-order chi connectivity index (χ0) is 20.4. The normalized spacial score (nSPS) is 15.5. The SMILES string of the molecule is CC(C)C(NC(=O)C(CS)NC(=O)C(CS)NC(=O)C(N)CO)C(=O)O. The van der Waals surface area contributed by atoms with Gasteiger partial charge in [-0.25, -0.2) is 4.79 Å². The molecule has 26 heavy (non-hydrogen) atoms. The van der Waals surface area contributed by atoms with E-state index in [0.29, 0.717) is 0 Å². The summed E-state index contributed by atoms with van der Waals surface area (Å²) in [7, 11) is 0. The second-order valence-corrected chi connectivity index (χ2v) is 6.58. The summed E-state index contributed by atoms with van der Waals surface area (Å²) in [4.78, 5) is 47.3. The molecule has 0 saturated heterocycles. The highest BCUT2D eigenvalue weighted by molar-refractivity contribution is 7.80. The van der Waals surface area contributed by atoms with E-state index in [2.05, 4.69) is 41.2 Å². The van der Waals surface area contributed by atoms with Crippen molar-refractivity contribution in [3.63, 3.8) is 0 Å². The van der Waals surface area contributed by atoms with E-state index in [-0.39, 0.29) is 17.4 Å². The third-order valence-corrected chi connectivity index (χ3v) is 4.13.